The van der Waals surface area contributed by atoms with E-state index in [-0.39, 0.29) is 11.9 Å². The Morgan fingerprint density at radius 2 is 1.94 bits per heavy atom. The highest BCUT2D eigenvalue weighted by molar-refractivity contribution is 7.98. The van der Waals surface area contributed by atoms with Crippen LogP contribution in [0.5, 0.6) is 0 Å². The summed E-state index contributed by atoms with van der Waals surface area (Å²) in [5.74, 6) is 1.81. The SMILES string of the molecule is CCCCN1CNC(=O)c2c1nc(CSc1nc3cc(C(=O)OCC)ccc3n1CC)n2CC. The van der Waals surface area contributed by atoms with Crippen molar-refractivity contribution >= 4 is 40.5 Å². The van der Waals surface area contributed by atoms with Crippen LogP contribution < -0.4 is 10.2 Å². The van der Waals surface area contributed by atoms with E-state index in [0.717, 1.165) is 53.8 Å². The van der Waals surface area contributed by atoms with Gasteiger partial charge >= 0.3 is 5.97 Å². The Labute approximate surface area is 203 Å². The van der Waals surface area contributed by atoms with Gasteiger partial charge < -0.3 is 24.1 Å². The number of hydrogen-bond donors (Lipinski definition) is 1. The van der Waals surface area contributed by atoms with Crippen molar-refractivity contribution in [1.82, 2.24) is 24.4 Å². The molecular formula is C24H32N6O3S. The Bertz CT molecular complexity index is 1200. The number of unbranched alkanes of at least 4 members (excludes halogenated alkanes) is 1. The first-order chi connectivity index (χ1) is 16.5. The van der Waals surface area contributed by atoms with Crippen molar-refractivity contribution in [1.29, 1.82) is 0 Å². The smallest absolute Gasteiger partial charge is 0.338 e. The second-order valence-corrected chi connectivity index (χ2v) is 9.02. The van der Waals surface area contributed by atoms with Gasteiger partial charge in [0.25, 0.3) is 5.91 Å². The number of nitrogens with zero attached hydrogens (tertiary/aromatic N) is 5. The van der Waals surface area contributed by atoms with Crippen LogP contribution in [0, 0.1) is 0 Å². The zero-order chi connectivity index (χ0) is 24.2. The summed E-state index contributed by atoms with van der Waals surface area (Å²) in [4.78, 5) is 36.7. The number of rotatable bonds is 10. The number of fused-ring (bicyclic) bond motifs is 2. The number of imidazole rings is 2. The summed E-state index contributed by atoms with van der Waals surface area (Å²) >= 11 is 1.59. The molecule has 10 heteroatoms. The Hall–Kier alpha value is -3.01. The average Bonchev–Trinajstić information content (AvgIpc) is 3.40. The largest absolute Gasteiger partial charge is 0.462 e. The molecule has 0 unspecified atom stereocenters. The fourth-order valence-corrected chi connectivity index (χ4v) is 5.26. The van der Waals surface area contributed by atoms with Crippen LogP contribution >= 0.6 is 11.8 Å². The molecule has 182 valence electrons. The van der Waals surface area contributed by atoms with Crippen LogP contribution in [0.25, 0.3) is 11.0 Å². The fraction of sp³-hybridized carbons (Fsp3) is 0.500. The summed E-state index contributed by atoms with van der Waals surface area (Å²) in [6, 6.07) is 5.49. The number of benzene rings is 1. The van der Waals surface area contributed by atoms with Crippen LogP contribution in [0.1, 0.15) is 67.2 Å². The number of amides is 1. The molecule has 0 fully saturated rings. The Balaban J connectivity index is 1.62. The van der Waals surface area contributed by atoms with Gasteiger partial charge in [0.2, 0.25) is 0 Å². The minimum atomic E-state index is -0.342. The number of carbonyl (C=O) groups excluding carboxylic acids is 2. The van der Waals surface area contributed by atoms with Crippen LogP contribution in [0.2, 0.25) is 0 Å². The van der Waals surface area contributed by atoms with E-state index in [1.54, 1.807) is 30.8 Å². The molecule has 1 amide bonds. The summed E-state index contributed by atoms with van der Waals surface area (Å²) in [5.41, 5.74) is 2.88. The number of carbonyl (C=O) groups is 2. The molecule has 4 rings (SSSR count). The van der Waals surface area contributed by atoms with E-state index in [4.69, 9.17) is 14.7 Å². The van der Waals surface area contributed by atoms with Gasteiger partial charge in [0.1, 0.15) is 5.82 Å². The third-order valence-electron chi connectivity index (χ3n) is 5.94. The molecular weight excluding hydrogens is 452 g/mol. The maximum atomic E-state index is 12.7. The maximum Gasteiger partial charge on any atom is 0.338 e. The predicted octanol–water partition coefficient (Wildman–Crippen LogP) is 4.05. The molecule has 0 saturated heterocycles. The lowest BCUT2D eigenvalue weighted by molar-refractivity contribution is 0.0526. The second-order valence-electron chi connectivity index (χ2n) is 8.08. The van der Waals surface area contributed by atoms with Crippen molar-refractivity contribution in [2.24, 2.45) is 0 Å². The van der Waals surface area contributed by atoms with Crippen LogP contribution in [-0.4, -0.2) is 50.8 Å². The summed E-state index contributed by atoms with van der Waals surface area (Å²) < 4.78 is 9.27. The van der Waals surface area contributed by atoms with Crippen molar-refractivity contribution in [3.8, 4) is 0 Å². The number of hydrogen-bond acceptors (Lipinski definition) is 7. The van der Waals surface area contributed by atoms with Crippen molar-refractivity contribution in [3.05, 3.63) is 35.3 Å². The van der Waals surface area contributed by atoms with Gasteiger partial charge in [-0.25, -0.2) is 14.8 Å². The lowest BCUT2D eigenvalue weighted by Gasteiger charge is -2.28. The van der Waals surface area contributed by atoms with E-state index in [1.807, 2.05) is 17.6 Å². The lowest BCUT2D eigenvalue weighted by atomic mass is 10.2. The molecule has 1 aliphatic heterocycles. The molecule has 2 aromatic heterocycles. The second kappa shape index (κ2) is 10.5. The van der Waals surface area contributed by atoms with Gasteiger partial charge in [-0.15, -0.1) is 0 Å². The van der Waals surface area contributed by atoms with Crippen molar-refractivity contribution in [2.45, 2.75) is 64.5 Å². The standard InChI is InChI=1S/C24H32N6O3S/c1-5-9-12-28-15-25-22(31)20-21(28)27-19(30(20)7-3)14-34-24-26-17-13-16(23(32)33-8-4)10-11-18(17)29(24)6-2/h10-11,13H,5-9,12,14-15H2,1-4H3,(H,25,31). The van der Waals surface area contributed by atoms with Crippen LogP contribution in [-0.2, 0) is 23.6 Å². The molecule has 0 radical (unpaired) electrons. The molecule has 1 aliphatic rings. The molecule has 34 heavy (non-hydrogen) atoms. The number of aryl methyl sites for hydroxylation is 1. The quantitative estimate of drug-likeness (QED) is 0.343. The van der Waals surface area contributed by atoms with Crippen molar-refractivity contribution in [2.75, 3.05) is 24.7 Å². The maximum absolute atomic E-state index is 12.7. The van der Waals surface area contributed by atoms with Gasteiger partial charge in [0.15, 0.2) is 16.7 Å². The minimum absolute atomic E-state index is 0.0689. The van der Waals surface area contributed by atoms with Crippen LogP contribution in [0.4, 0.5) is 5.82 Å². The van der Waals surface area contributed by atoms with E-state index < -0.39 is 0 Å². The Morgan fingerprint density at radius 1 is 1.15 bits per heavy atom. The molecule has 3 aromatic rings. The molecule has 0 saturated carbocycles. The lowest BCUT2D eigenvalue weighted by Crippen LogP contribution is -2.44. The fourth-order valence-electron chi connectivity index (χ4n) is 4.23. The number of aromatic nitrogens is 4. The number of anilines is 1. The highest BCUT2D eigenvalue weighted by Crippen LogP contribution is 2.31. The first kappa shape index (κ1) is 24.1. The number of esters is 1. The Kier molecular flexibility index (Phi) is 7.45. The predicted molar refractivity (Wildman–Crippen MR) is 133 cm³/mol. The number of ether oxygens (including phenoxy) is 1. The van der Waals surface area contributed by atoms with E-state index in [1.165, 1.54) is 0 Å². The summed E-state index contributed by atoms with van der Waals surface area (Å²) in [5, 5.41) is 3.84. The monoisotopic (exact) mass is 484 g/mol. The van der Waals surface area contributed by atoms with Crippen molar-refractivity contribution < 1.29 is 14.3 Å². The van der Waals surface area contributed by atoms with Crippen molar-refractivity contribution in [3.63, 3.8) is 0 Å². The highest BCUT2D eigenvalue weighted by atomic mass is 32.2. The average molecular weight is 485 g/mol. The highest BCUT2D eigenvalue weighted by Gasteiger charge is 2.30. The molecule has 3 heterocycles. The van der Waals surface area contributed by atoms with E-state index in [9.17, 15) is 9.59 Å². The van der Waals surface area contributed by atoms with Crippen LogP contribution in [0.3, 0.4) is 0 Å². The zero-order valence-electron chi connectivity index (χ0n) is 20.3. The zero-order valence-corrected chi connectivity index (χ0v) is 21.1. The van der Waals surface area contributed by atoms with E-state index >= 15 is 0 Å². The minimum Gasteiger partial charge on any atom is -0.462 e. The third kappa shape index (κ3) is 4.51. The number of nitrogens with one attached hydrogen (secondary N) is 1. The van der Waals surface area contributed by atoms with Gasteiger partial charge in [-0.1, -0.05) is 25.1 Å². The first-order valence-corrected chi connectivity index (χ1v) is 12.9. The van der Waals surface area contributed by atoms with Gasteiger partial charge in [-0.05, 0) is 45.4 Å². The molecule has 0 atom stereocenters. The molecule has 0 aliphatic carbocycles. The first-order valence-electron chi connectivity index (χ1n) is 11.9. The Morgan fingerprint density at radius 3 is 2.65 bits per heavy atom. The van der Waals surface area contributed by atoms with Crippen LogP contribution in [0.15, 0.2) is 23.4 Å². The van der Waals surface area contributed by atoms with Gasteiger partial charge in [-0.2, -0.15) is 0 Å². The summed E-state index contributed by atoms with van der Waals surface area (Å²) in [6.07, 6.45) is 2.13. The summed E-state index contributed by atoms with van der Waals surface area (Å²) in [7, 11) is 0. The van der Waals surface area contributed by atoms with Gasteiger partial charge in [-0.3, -0.25) is 4.79 Å². The normalized spacial score (nSPS) is 13.3. The number of thioether (sulfide) groups is 1. The summed E-state index contributed by atoms with van der Waals surface area (Å²) in [6.45, 7) is 11.2. The third-order valence-corrected chi connectivity index (χ3v) is 6.91. The van der Waals surface area contributed by atoms with Gasteiger partial charge in [0.05, 0.1) is 35.6 Å². The molecule has 9 nitrogen and oxygen atoms in total. The molecule has 1 aromatic carbocycles. The van der Waals surface area contributed by atoms with E-state index in [0.29, 0.717) is 36.8 Å². The van der Waals surface area contributed by atoms with E-state index in [2.05, 4.69) is 28.6 Å². The molecule has 1 N–H and O–H groups in total. The topological polar surface area (TPSA) is 94.3 Å². The molecule has 0 spiro atoms. The molecule has 0 bridgehead atoms. The van der Waals surface area contributed by atoms with Gasteiger partial charge in [0, 0.05) is 19.6 Å².